The molecule has 228 valence electrons. The van der Waals surface area contributed by atoms with E-state index in [1.54, 1.807) is 77.5 Å². The third kappa shape index (κ3) is 7.67. The van der Waals surface area contributed by atoms with Gasteiger partial charge in [0.15, 0.2) is 11.6 Å². The highest BCUT2D eigenvalue weighted by molar-refractivity contribution is 9.10. The van der Waals surface area contributed by atoms with Gasteiger partial charge in [0, 0.05) is 29.9 Å². The Kier molecular flexibility index (Phi) is 9.10. The van der Waals surface area contributed by atoms with Crippen LogP contribution >= 0.6 is 15.9 Å². The van der Waals surface area contributed by atoms with Crippen LogP contribution in [0.25, 0.3) is 10.8 Å². The minimum atomic E-state index is -0.914. The van der Waals surface area contributed by atoms with Gasteiger partial charge in [-0.05, 0) is 105 Å². The summed E-state index contributed by atoms with van der Waals surface area (Å²) in [5, 5.41) is 8.86. The fourth-order valence-corrected chi connectivity index (χ4v) is 4.81. The van der Waals surface area contributed by atoms with E-state index in [4.69, 9.17) is 9.47 Å². The van der Waals surface area contributed by atoms with E-state index in [1.165, 1.54) is 12.3 Å². The van der Waals surface area contributed by atoms with Gasteiger partial charge in [-0.2, -0.15) is 4.90 Å². The van der Waals surface area contributed by atoms with Gasteiger partial charge in [0.05, 0.1) is 0 Å². The normalized spacial score (nSPS) is 12.6. The molecule has 4 aromatic rings. The minimum absolute atomic E-state index is 0.0584. The van der Waals surface area contributed by atoms with Gasteiger partial charge >= 0.3 is 12.2 Å². The van der Waals surface area contributed by atoms with Gasteiger partial charge in [0.25, 0.3) is 0 Å². The maximum atomic E-state index is 15.3. The number of fused-ring (bicyclic) bond motifs is 1. The molecule has 1 atom stereocenters. The van der Waals surface area contributed by atoms with Crippen molar-refractivity contribution in [2.45, 2.75) is 72.1 Å². The maximum absolute atomic E-state index is 15.3. The highest BCUT2D eigenvalue weighted by Crippen LogP contribution is 2.33. The summed E-state index contributed by atoms with van der Waals surface area (Å²) < 4.78 is 28.3. The highest BCUT2D eigenvalue weighted by atomic mass is 79.9. The molecule has 2 aromatic heterocycles. The summed E-state index contributed by atoms with van der Waals surface area (Å²) in [4.78, 5) is 36.2. The van der Waals surface area contributed by atoms with Gasteiger partial charge < -0.3 is 14.8 Å². The van der Waals surface area contributed by atoms with Crippen LogP contribution in [0.1, 0.15) is 71.5 Å². The maximum Gasteiger partial charge on any atom is 0.425 e. The Morgan fingerprint density at radius 3 is 2.23 bits per heavy atom. The Labute approximate surface area is 258 Å². The van der Waals surface area contributed by atoms with E-state index in [2.05, 4.69) is 36.3 Å². The molecule has 0 spiro atoms. The van der Waals surface area contributed by atoms with E-state index in [0.29, 0.717) is 32.6 Å². The van der Waals surface area contributed by atoms with Crippen LogP contribution in [-0.4, -0.2) is 43.1 Å². The lowest BCUT2D eigenvalue weighted by Gasteiger charge is -2.28. The minimum Gasteiger partial charge on any atom is -0.443 e. The molecule has 1 unspecified atom stereocenters. The fourth-order valence-electron chi connectivity index (χ4n) is 4.39. The van der Waals surface area contributed by atoms with Crippen molar-refractivity contribution in [2.75, 3.05) is 10.2 Å². The molecule has 2 heterocycles. The zero-order valence-electron chi connectivity index (χ0n) is 25.5. The molecule has 0 aliphatic heterocycles. The monoisotopic (exact) mass is 654 g/mol. The number of pyridine rings is 1. The van der Waals surface area contributed by atoms with E-state index in [-0.39, 0.29) is 11.6 Å². The molecule has 0 saturated heterocycles. The molecule has 2 aromatic carbocycles. The molecule has 4 rings (SSSR count). The summed E-state index contributed by atoms with van der Waals surface area (Å²) in [6.07, 6.45) is 0.400. The van der Waals surface area contributed by atoms with Crippen molar-refractivity contribution in [1.82, 2.24) is 19.7 Å². The molecule has 10 nitrogen and oxygen atoms in total. The van der Waals surface area contributed by atoms with Crippen LogP contribution in [0, 0.1) is 5.82 Å². The lowest BCUT2D eigenvalue weighted by molar-refractivity contribution is 0.0429. The van der Waals surface area contributed by atoms with Crippen molar-refractivity contribution < 1.29 is 23.5 Å². The summed E-state index contributed by atoms with van der Waals surface area (Å²) in [7, 11) is 1.74. The Balaban J connectivity index is 1.79. The quantitative estimate of drug-likeness (QED) is 0.225. The van der Waals surface area contributed by atoms with Crippen LogP contribution in [0.2, 0.25) is 0 Å². The SMILES string of the molecule is CCc1ccc(F)c(C(Nc2ccc3c(N(C(=O)OC(C)(C)C)C(=O)OC(C)(C)C)nccc3c2)c2nc(Br)nn2C)c1. The molecule has 1 N–H and O–H groups in total. The number of aryl methyl sites for hydroxylation is 2. The topological polar surface area (TPSA) is 111 Å². The number of rotatable bonds is 6. The second-order valence-electron chi connectivity index (χ2n) is 12.0. The Hall–Kier alpha value is -4.06. The van der Waals surface area contributed by atoms with Gasteiger partial charge in [-0.15, -0.1) is 5.10 Å². The number of ether oxygens (including phenoxy) is 2. The zero-order valence-corrected chi connectivity index (χ0v) is 27.1. The average Bonchev–Trinajstić information content (AvgIpc) is 3.23. The second kappa shape index (κ2) is 12.3. The highest BCUT2D eigenvalue weighted by Gasteiger charge is 2.34. The van der Waals surface area contributed by atoms with E-state index in [9.17, 15) is 9.59 Å². The number of carbonyl (C=O) groups is 2. The number of anilines is 2. The lowest BCUT2D eigenvalue weighted by atomic mass is 10.0. The predicted octanol–water partition coefficient (Wildman–Crippen LogP) is 7.71. The van der Waals surface area contributed by atoms with Gasteiger partial charge in [0.1, 0.15) is 23.1 Å². The van der Waals surface area contributed by atoms with Crippen molar-refractivity contribution in [1.29, 1.82) is 0 Å². The Bertz CT molecular complexity index is 1630. The van der Waals surface area contributed by atoms with Crippen LogP contribution in [0.5, 0.6) is 0 Å². The van der Waals surface area contributed by atoms with Crippen LogP contribution in [0.3, 0.4) is 0 Å². The first kappa shape index (κ1) is 31.9. The summed E-state index contributed by atoms with van der Waals surface area (Å²) in [6, 6.07) is 11.4. The van der Waals surface area contributed by atoms with Gasteiger partial charge in [-0.1, -0.05) is 19.1 Å². The van der Waals surface area contributed by atoms with Gasteiger partial charge in [0.2, 0.25) is 4.73 Å². The number of aromatic nitrogens is 4. The first-order chi connectivity index (χ1) is 20.1. The smallest absolute Gasteiger partial charge is 0.425 e. The average molecular weight is 656 g/mol. The van der Waals surface area contributed by atoms with Crippen molar-refractivity contribution in [3.05, 3.63) is 76.2 Å². The molecule has 0 aliphatic rings. The van der Waals surface area contributed by atoms with Crippen LogP contribution in [0.4, 0.5) is 25.5 Å². The standard InChI is InChI=1S/C31H36BrFN6O4/c1-9-18-10-13-23(33)22(16-18)24(26-36-27(32)37-38(26)8)35-20-11-12-21-19(17-20)14-15-34-25(21)39(28(40)42-30(2,3)4)29(41)43-31(5,6)7/h10-17,24,35H,9H2,1-8H3. The summed E-state index contributed by atoms with van der Waals surface area (Å²) in [5.41, 5.74) is 0.290. The number of hydrogen-bond acceptors (Lipinski definition) is 8. The molecular formula is C31H36BrFN6O4. The van der Waals surface area contributed by atoms with E-state index in [0.717, 1.165) is 16.9 Å². The van der Waals surface area contributed by atoms with Gasteiger partial charge in [-0.3, -0.25) is 0 Å². The molecule has 12 heteroatoms. The summed E-state index contributed by atoms with van der Waals surface area (Å²) >= 11 is 3.32. The lowest BCUT2D eigenvalue weighted by Crippen LogP contribution is -2.44. The summed E-state index contributed by atoms with van der Waals surface area (Å²) in [6.45, 7) is 12.2. The van der Waals surface area contributed by atoms with Crippen molar-refractivity contribution in [3.63, 3.8) is 0 Å². The molecular weight excluding hydrogens is 619 g/mol. The third-order valence-electron chi connectivity index (χ3n) is 6.23. The molecule has 0 bridgehead atoms. The molecule has 0 aliphatic carbocycles. The number of halogens is 2. The summed E-state index contributed by atoms with van der Waals surface area (Å²) in [5.74, 6) is 0.171. The van der Waals surface area contributed by atoms with Crippen LogP contribution < -0.4 is 10.2 Å². The number of imide groups is 1. The van der Waals surface area contributed by atoms with Crippen molar-refractivity contribution >= 4 is 50.4 Å². The second-order valence-corrected chi connectivity index (χ2v) is 12.7. The number of amides is 2. The largest absolute Gasteiger partial charge is 0.443 e. The Morgan fingerprint density at radius 2 is 1.67 bits per heavy atom. The van der Waals surface area contributed by atoms with Crippen LogP contribution in [-0.2, 0) is 22.9 Å². The van der Waals surface area contributed by atoms with Crippen LogP contribution in [0.15, 0.2) is 53.4 Å². The molecule has 0 radical (unpaired) electrons. The Morgan fingerprint density at radius 1 is 1.02 bits per heavy atom. The van der Waals surface area contributed by atoms with Gasteiger partial charge in [-0.25, -0.2) is 28.6 Å². The molecule has 43 heavy (non-hydrogen) atoms. The number of hydrogen-bond donors (Lipinski definition) is 1. The van der Waals surface area contributed by atoms with Crippen molar-refractivity contribution in [3.8, 4) is 0 Å². The van der Waals surface area contributed by atoms with E-state index >= 15 is 4.39 Å². The number of benzene rings is 2. The predicted molar refractivity (Wildman–Crippen MR) is 167 cm³/mol. The van der Waals surface area contributed by atoms with E-state index in [1.807, 2.05) is 19.1 Å². The third-order valence-corrected chi connectivity index (χ3v) is 6.56. The molecule has 0 fully saturated rings. The first-order valence-corrected chi connectivity index (χ1v) is 14.6. The molecule has 2 amide bonds. The molecule has 0 saturated carbocycles. The first-order valence-electron chi connectivity index (χ1n) is 13.8. The van der Waals surface area contributed by atoms with E-state index < -0.39 is 29.4 Å². The number of nitrogens with zero attached hydrogens (tertiary/aromatic N) is 5. The fraction of sp³-hybridized carbons (Fsp3) is 0.387. The van der Waals surface area contributed by atoms with Crippen molar-refractivity contribution in [2.24, 2.45) is 7.05 Å². The number of nitrogens with one attached hydrogen (secondary N) is 1. The number of carbonyl (C=O) groups excluding carboxylic acids is 2. The zero-order chi connectivity index (χ0) is 31.7.